The van der Waals surface area contributed by atoms with Crippen molar-refractivity contribution in [1.82, 2.24) is 15.3 Å². The molecule has 5 nitrogen and oxygen atoms in total. The Morgan fingerprint density at radius 2 is 1.96 bits per heavy atom. The largest absolute Gasteiger partial charge is 0.351 e. The monoisotopic (exact) mass is 358 g/mol. The minimum atomic E-state index is -0.374. The molecular weight excluding hydrogens is 336 g/mol. The van der Waals surface area contributed by atoms with Gasteiger partial charge in [-0.05, 0) is 35.3 Å². The fourth-order valence-electron chi connectivity index (χ4n) is 2.81. The van der Waals surface area contributed by atoms with E-state index in [2.05, 4.69) is 29.1 Å². The van der Waals surface area contributed by atoms with Crippen LogP contribution in [0.1, 0.15) is 36.7 Å². The van der Waals surface area contributed by atoms with Crippen molar-refractivity contribution in [3.05, 3.63) is 71.1 Å². The second-order valence-corrected chi connectivity index (χ2v) is 6.70. The Bertz CT molecular complexity index is 974. The number of nitrogens with one attached hydrogen (secondary N) is 2. The predicted octanol–water partition coefficient (Wildman–Crippen LogP) is 3.95. The molecule has 0 saturated heterocycles. The van der Waals surface area contributed by atoms with Crippen LogP contribution in [0.3, 0.4) is 0 Å². The summed E-state index contributed by atoms with van der Waals surface area (Å²) in [7, 11) is 0. The van der Waals surface area contributed by atoms with Gasteiger partial charge in [-0.25, -0.2) is 4.98 Å². The number of carbonyl (C=O) groups is 1. The molecule has 2 aromatic carbocycles. The van der Waals surface area contributed by atoms with Crippen LogP contribution in [0, 0.1) is 11.3 Å². The van der Waals surface area contributed by atoms with Crippen LogP contribution < -0.4 is 5.32 Å². The fourth-order valence-corrected chi connectivity index (χ4v) is 2.81. The first-order valence-electron chi connectivity index (χ1n) is 9.00. The van der Waals surface area contributed by atoms with Crippen molar-refractivity contribution in [2.24, 2.45) is 0 Å². The third-order valence-corrected chi connectivity index (χ3v) is 4.36. The Balaban J connectivity index is 1.60. The minimum absolute atomic E-state index is 0.0944. The SMILES string of the molecule is CC(C)c1ccc(/C=C(\C#N)C(=O)NCCc2nc3ccccc3[nH]2)cc1. The summed E-state index contributed by atoms with van der Waals surface area (Å²) in [6.45, 7) is 4.66. The van der Waals surface area contributed by atoms with Gasteiger partial charge in [0.1, 0.15) is 17.5 Å². The molecule has 3 aromatic rings. The van der Waals surface area contributed by atoms with Crippen molar-refractivity contribution in [2.45, 2.75) is 26.2 Å². The molecule has 27 heavy (non-hydrogen) atoms. The van der Waals surface area contributed by atoms with E-state index in [9.17, 15) is 10.1 Å². The number of para-hydroxylation sites is 2. The van der Waals surface area contributed by atoms with Gasteiger partial charge in [0, 0.05) is 13.0 Å². The highest BCUT2D eigenvalue weighted by Crippen LogP contribution is 2.16. The van der Waals surface area contributed by atoms with Crippen molar-refractivity contribution in [3.63, 3.8) is 0 Å². The second-order valence-electron chi connectivity index (χ2n) is 6.70. The number of rotatable bonds is 6. The Hall–Kier alpha value is -3.39. The van der Waals surface area contributed by atoms with Crippen LogP contribution in [0.4, 0.5) is 0 Å². The lowest BCUT2D eigenvalue weighted by Crippen LogP contribution is -2.27. The lowest BCUT2D eigenvalue weighted by molar-refractivity contribution is -0.117. The molecule has 1 aromatic heterocycles. The van der Waals surface area contributed by atoms with Gasteiger partial charge >= 0.3 is 0 Å². The zero-order chi connectivity index (χ0) is 19.2. The maximum atomic E-state index is 12.3. The van der Waals surface area contributed by atoms with E-state index in [-0.39, 0.29) is 11.5 Å². The van der Waals surface area contributed by atoms with Gasteiger partial charge in [-0.3, -0.25) is 4.79 Å². The topological polar surface area (TPSA) is 81.6 Å². The Morgan fingerprint density at radius 3 is 2.63 bits per heavy atom. The first-order chi connectivity index (χ1) is 13.1. The normalized spacial score (nSPS) is 11.6. The summed E-state index contributed by atoms with van der Waals surface area (Å²) in [6.07, 6.45) is 2.18. The molecule has 2 N–H and O–H groups in total. The van der Waals surface area contributed by atoms with Gasteiger partial charge in [0.15, 0.2) is 0 Å². The molecule has 0 aliphatic rings. The average Bonchev–Trinajstić information content (AvgIpc) is 3.09. The molecule has 0 aliphatic heterocycles. The first kappa shape index (κ1) is 18.4. The van der Waals surface area contributed by atoms with E-state index < -0.39 is 0 Å². The maximum Gasteiger partial charge on any atom is 0.261 e. The average molecular weight is 358 g/mol. The molecule has 1 heterocycles. The number of amides is 1. The zero-order valence-electron chi connectivity index (χ0n) is 15.5. The Labute approximate surface area is 158 Å². The maximum absolute atomic E-state index is 12.3. The molecule has 0 bridgehead atoms. The number of hydrogen-bond acceptors (Lipinski definition) is 3. The summed E-state index contributed by atoms with van der Waals surface area (Å²) >= 11 is 0. The third kappa shape index (κ3) is 4.62. The number of fused-ring (bicyclic) bond motifs is 1. The van der Waals surface area contributed by atoms with E-state index in [1.807, 2.05) is 54.6 Å². The van der Waals surface area contributed by atoms with Crippen LogP contribution in [0.25, 0.3) is 17.1 Å². The van der Waals surface area contributed by atoms with Gasteiger partial charge in [0.25, 0.3) is 5.91 Å². The zero-order valence-corrected chi connectivity index (χ0v) is 15.5. The summed E-state index contributed by atoms with van der Waals surface area (Å²) in [6, 6.07) is 17.7. The molecule has 0 fully saturated rings. The Kier molecular flexibility index (Phi) is 5.68. The number of carbonyl (C=O) groups excluding carboxylic acids is 1. The highest BCUT2D eigenvalue weighted by Gasteiger charge is 2.09. The minimum Gasteiger partial charge on any atom is -0.351 e. The van der Waals surface area contributed by atoms with E-state index in [0.29, 0.717) is 18.9 Å². The summed E-state index contributed by atoms with van der Waals surface area (Å²) < 4.78 is 0. The van der Waals surface area contributed by atoms with Crippen molar-refractivity contribution < 1.29 is 4.79 Å². The molecule has 136 valence electrons. The summed E-state index contributed by atoms with van der Waals surface area (Å²) in [5.74, 6) is 0.879. The van der Waals surface area contributed by atoms with Crippen LogP contribution in [0.15, 0.2) is 54.1 Å². The predicted molar refractivity (Wildman–Crippen MR) is 107 cm³/mol. The number of aromatic nitrogens is 2. The van der Waals surface area contributed by atoms with Crippen LogP contribution in [-0.4, -0.2) is 22.4 Å². The second kappa shape index (κ2) is 8.33. The quantitative estimate of drug-likeness (QED) is 0.517. The highest BCUT2D eigenvalue weighted by atomic mass is 16.1. The van der Waals surface area contributed by atoms with Crippen molar-refractivity contribution in [2.75, 3.05) is 6.54 Å². The fraction of sp³-hybridized carbons (Fsp3) is 0.227. The highest BCUT2D eigenvalue weighted by molar-refractivity contribution is 6.01. The summed E-state index contributed by atoms with van der Waals surface area (Å²) in [5, 5.41) is 12.1. The molecule has 0 atom stereocenters. The van der Waals surface area contributed by atoms with E-state index in [4.69, 9.17) is 0 Å². The van der Waals surface area contributed by atoms with Crippen molar-refractivity contribution >= 4 is 23.0 Å². The number of nitriles is 1. The van der Waals surface area contributed by atoms with Crippen molar-refractivity contribution in [1.29, 1.82) is 5.26 Å². The van der Waals surface area contributed by atoms with Crippen molar-refractivity contribution in [3.8, 4) is 6.07 Å². The van der Waals surface area contributed by atoms with Gasteiger partial charge in [-0.15, -0.1) is 0 Å². The Morgan fingerprint density at radius 1 is 1.22 bits per heavy atom. The van der Waals surface area contributed by atoms with Crippen LogP contribution in [-0.2, 0) is 11.2 Å². The number of aromatic amines is 1. The summed E-state index contributed by atoms with van der Waals surface area (Å²) in [4.78, 5) is 20.0. The lowest BCUT2D eigenvalue weighted by Gasteiger charge is -2.06. The van der Waals surface area contributed by atoms with E-state index in [1.54, 1.807) is 6.08 Å². The first-order valence-corrected chi connectivity index (χ1v) is 9.00. The molecule has 0 radical (unpaired) electrons. The van der Waals surface area contributed by atoms with Gasteiger partial charge in [-0.1, -0.05) is 50.2 Å². The molecule has 0 unspecified atom stereocenters. The molecule has 0 aliphatic carbocycles. The van der Waals surface area contributed by atoms with Crippen LogP contribution in [0.2, 0.25) is 0 Å². The third-order valence-electron chi connectivity index (χ3n) is 4.36. The van der Waals surface area contributed by atoms with Gasteiger partial charge in [0.05, 0.1) is 11.0 Å². The number of benzene rings is 2. The molecule has 3 rings (SSSR count). The van der Waals surface area contributed by atoms with Crippen LogP contribution in [0.5, 0.6) is 0 Å². The summed E-state index contributed by atoms with van der Waals surface area (Å²) in [5.41, 5.74) is 4.03. The number of imidazole rings is 1. The van der Waals surface area contributed by atoms with E-state index in [1.165, 1.54) is 5.56 Å². The number of nitrogens with zero attached hydrogens (tertiary/aromatic N) is 2. The van der Waals surface area contributed by atoms with Gasteiger partial charge < -0.3 is 10.3 Å². The lowest BCUT2D eigenvalue weighted by atomic mass is 10.0. The standard InChI is InChI=1S/C22H22N4O/c1-15(2)17-9-7-16(8-10-17)13-18(14-23)22(27)24-12-11-21-25-19-5-3-4-6-20(19)26-21/h3-10,13,15H,11-12H2,1-2H3,(H,24,27)(H,25,26)/b18-13+. The molecular formula is C22H22N4O. The van der Waals surface area contributed by atoms with E-state index in [0.717, 1.165) is 22.4 Å². The smallest absolute Gasteiger partial charge is 0.261 e. The molecule has 0 spiro atoms. The molecule has 1 amide bonds. The van der Waals surface area contributed by atoms with Gasteiger partial charge in [0.2, 0.25) is 0 Å². The van der Waals surface area contributed by atoms with Crippen LogP contribution >= 0.6 is 0 Å². The number of H-pyrrole nitrogens is 1. The molecule has 0 saturated carbocycles. The number of hydrogen-bond donors (Lipinski definition) is 2. The van der Waals surface area contributed by atoms with Gasteiger partial charge in [-0.2, -0.15) is 5.26 Å². The van der Waals surface area contributed by atoms with E-state index >= 15 is 0 Å². The molecule has 5 heteroatoms.